The number of methoxy groups -OCH3 is 1. The van der Waals surface area contributed by atoms with Gasteiger partial charge in [0.1, 0.15) is 11.6 Å². The van der Waals surface area contributed by atoms with E-state index in [-0.39, 0.29) is 5.82 Å². The Labute approximate surface area is 199 Å². The van der Waals surface area contributed by atoms with Crippen LogP contribution < -0.4 is 15.4 Å². The highest BCUT2D eigenvalue weighted by atomic mass is 19.1. The number of nitriles is 1. The number of aromatic nitrogens is 1. The summed E-state index contributed by atoms with van der Waals surface area (Å²) in [5.41, 5.74) is 5.83. The van der Waals surface area contributed by atoms with Crippen LogP contribution in [0.1, 0.15) is 28.7 Å². The highest BCUT2D eigenvalue weighted by Gasteiger charge is 2.06. The smallest absolute Gasteiger partial charge is 0.123 e. The zero-order chi connectivity index (χ0) is 23.8. The van der Waals surface area contributed by atoms with Crippen molar-refractivity contribution in [1.82, 2.24) is 10.3 Å². The lowest BCUT2D eigenvalue weighted by molar-refractivity contribution is 0.406. The van der Waals surface area contributed by atoms with E-state index in [1.807, 2.05) is 36.5 Å². The Morgan fingerprint density at radius 1 is 0.971 bits per heavy atom. The summed E-state index contributed by atoms with van der Waals surface area (Å²) < 4.78 is 18.8. The lowest BCUT2D eigenvalue weighted by atomic mass is 10.0. The van der Waals surface area contributed by atoms with Crippen molar-refractivity contribution >= 4 is 16.6 Å². The minimum absolute atomic E-state index is 0.260. The monoisotopic (exact) mass is 454 g/mol. The zero-order valence-corrected chi connectivity index (χ0v) is 19.1. The van der Waals surface area contributed by atoms with Gasteiger partial charge in [-0.3, -0.25) is 4.98 Å². The first-order chi connectivity index (χ1) is 16.7. The third-order valence-corrected chi connectivity index (χ3v) is 5.70. The van der Waals surface area contributed by atoms with Crippen LogP contribution in [0.3, 0.4) is 0 Å². The van der Waals surface area contributed by atoms with Crippen LogP contribution in [0.25, 0.3) is 10.9 Å². The van der Waals surface area contributed by atoms with Crippen LogP contribution in [0.2, 0.25) is 0 Å². The topological polar surface area (TPSA) is 70.0 Å². The van der Waals surface area contributed by atoms with E-state index in [0.717, 1.165) is 53.6 Å². The average molecular weight is 455 g/mol. The standard InChI is InChI=1S/C28H27FN4O/c1-34-28-10-8-24(29)17-23(28)19-31-12-2-13-32-26-11-14-33-27-16-22(7-9-25(26)27)15-20-3-5-21(18-30)6-4-20/h3-11,14,16-17,31H,2,12-13,15,19H2,1H3,(H,32,33). The maximum absolute atomic E-state index is 13.5. The van der Waals surface area contributed by atoms with Crippen LogP contribution in [-0.2, 0) is 13.0 Å². The molecule has 0 aliphatic rings. The van der Waals surface area contributed by atoms with Crippen molar-refractivity contribution in [2.24, 2.45) is 0 Å². The molecule has 0 bridgehead atoms. The van der Waals surface area contributed by atoms with Crippen molar-refractivity contribution in [3.63, 3.8) is 0 Å². The Balaban J connectivity index is 1.30. The molecule has 3 aromatic carbocycles. The first-order valence-corrected chi connectivity index (χ1v) is 11.3. The summed E-state index contributed by atoms with van der Waals surface area (Å²) in [7, 11) is 1.59. The fourth-order valence-electron chi connectivity index (χ4n) is 3.94. The normalized spacial score (nSPS) is 10.7. The Morgan fingerprint density at radius 3 is 2.59 bits per heavy atom. The van der Waals surface area contributed by atoms with Crippen molar-refractivity contribution in [3.05, 3.63) is 101 Å². The molecule has 0 spiro atoms. The van der Waals surface area contributed by atoms with Crippen LogP contribution in [0.4, 0.5) is 10.1 Å². The number of anilines is 1. The van der Waals surface area contributed by atoms with Crippen molar-refractivity contribution in [2.75, 3.05) is 25.5 Å². The van der Waals surface area contributed by atoms with Gasteiger partial charge in [-0.15, -0.1) is 0 Å². The van der Waals surface area contributed by atoms with Gasteiger partial charge < -0.3 is 15.4 Å². The van der Waals surface area contributed by atoms with E-state index in [0.29, 0.717) is 17.9 Å². The molecule has 6 heteroatoms. The van der Waals surface area contributed by atoms with Crippen molar-refractivity contribution in [3.8, 4) is 11.8 Å². The van der Waals surface area contributed by atoms with Gasteiger partial charge in [0.2, 0.25) is 0 Å². The summed E-state index contributed by atoms with van der Waals surface area (Å²) in [6.45, 7) is 2.16. The molecule has 2 N–H and O–H groups in total. The Kier molecular flexibility index (Phi) is 7.69. The summed E-state index contributed by atoms with van der Waals surface area (Å²) in [6, 6.07) is 22.7. The van der Waals surface area contributed by atoms with Gasteiger partial charge >= 0.3 is 0 Å². The summed E-state index contributed by atoms with van der Waals surface area (Å²) in [5, 5.41) is 16.9. The van der Waals surface area contributed by atoms with Crippen molar-refractivity contribution in [1.29, 1.82) is 5.26 Å². The maximum atomic E-state index is 13.5. The summed E-state index contributed by atoms with van der Waals surface area (Å²) in [6.07, 6.45) is 3.53. The van der Waals surface area contributed by atoms with E-state index in [1.54, 1.807) is 13.2 Å². The van der Waals surface area contributed by atoms with Gasteiger partial charge in [-0.1, -0.05) is 24.3 Å². The number of ether oxygens (including phenoxy) is 1. The quantitative estimate of drug-likeness (QED) is 0.313. The number of fused-ring (bicyclic) bond motifs is 1. The molecular weight excluding hydrogens is 427 g/mol. The molecule has 0 saturated heterocycles. The molecule has 172 valence electrons. The largest absolute Gasteiger partial charge is 0.496 e. The van der Waals surface area contributed by atoms with E-state index in [2.05, 4.69) is 39.9 Å². The number of nitrogens with zero attached hydrogens (tertiary/aromatic N) is 2. The molecule has 0 radical (unpaired) electrons. The van der Waals surface area contributed by atoms with Gasteiger partial charge in [-0.25, -0.2) is 4.39 Å². The minimum atomic E-state index is -0.260. The molecule has 4 aromatic rings. The predicted molar refractivity (Wildman–Crippen MR) is 133 cm³/mol. The highest BCUT2D eigenvalue weighted by Crippen LogP contribution is 2.24. The number of rotatable bonds is 10. The lowest BCUT2D eigenvalue weighted by Gasteiger charge is -2.12. The molecule has 4 rings (SSSR count). The van der Waals surface area contributed by atoms with Gasteiger partial charge in [0, 0.05) is 35.9 Å². The number of hydrogen-bond donors (Lipinski definition) is 2. The Morgan fingerprint density at radius 2 is 1.79 bits per heavy atom. The maximum Gasteiger partial charge on any atom is 0.123 e. The predicted octanol–water partition coefficient (Wildman–Crippen LogP) is 5.44. The van der Waals surface area contributed by atoms with E-state index >= 15 is 0 Å². The summed E-state index contributed by atoms with van der Waals surface area (Å²) >= 11 is 0. The van der Waals surface area contributed by atoms with Crippen molar-refractivity contribution in [2.45, 2.75) is 19.4 Å². The van der Waals surface area contributed by atoms with Crippen LogP contribution >= 0.6 is 0 Å². The Bertz CT molecular complexity index is 1300. The van der Waals surface area contributed by atoms with E-state index in [1.165, 1.54) is 17.7 Å². The third kappa shape index (κ3) is 5.89. The molecule has 0 aliphatic heterocycles. The molecule has 34 heavy (non-hydrogen) atoms. The molecule has 0 atom stereocenters. The highest BCUT2D eigenvalue weighted by molar-refractivity contribution is 5.91. The molecule has 0 aliphatic carbocycles. The lowest BCUT2D eigenvalue weighted by Crippen LogP contribution is -2.18. The van der Waals surface area contributed by atoms with Crippen LogP contribution in [0.15, 0.2) is 72.9 Å². The Hall–Kier alpha value is -3.95. The molecule has 0 unspecified atom stereocenters. The molecule has 1 aromatic heterocycles. The van der Waals surface area contributed by atoms with Gasteiger partial charge in [-0.05, 0) is 73.0 Å². The number of nitrogens with one attached hydrogen (secondary N) is 2. The van der Waals surface area contributed by atoms with Crippen molar-refractivity contribution < 1.29 is 9.13 Å². The van der Waals surface area contributed by atoms with Gasteiger partial charge in [0.25, 0.3) is 0 Å². The number of halogens is 1. The zero-order valence-electron chi connectivity index (χ0n) is 19.1. The molecule has 0 fully saturated rings. The summed E-state index contributed by atoms with van der Waals surface area (Å²) in [4.78, 5) is 4.55. The second-order valence-corrected chi connectivity index (χ2v) is 8.11. The van der Waals surface area contributed by atoms with E-state index < -0.39 is 0 Å². The number of benzene rings is 3. The van der Waals surface area contributed by atoms with E-state index in [4.69, 9.17) is 10.00 Å². The van der Waals surface area contributed by atoms with Gasteiger partial charge in [-0.2, -0.15) is 5.26 Å². The van der Waals surface area contributed by atoms with Crippen LogP contribution in [0.5, 0.6) is 5.75 Å². The molecule has 0 saturated carbocycles. The van der Waals surface area contributed by atoms with Gasteiger partial charge in [0.15, 0.2) is 0 Å². The minimum Gasteiger partial charge on any atom is -0.496 e. The number of hydrogen-bond acceptors (Lipinski definition) is 5. The summed E-state index contributed by atoms with van der Waals surface area (Å²) in [5.74, 6) is 0.428. The first kappa shape index (κ1) is 23.2. The SMILES string of the molecule is COc1ccc(F)cc1CNCCCNc1ccnc2cc(Cc3ccc(C#N)cc3)ccc12. The third-order valence-electron chi connectivity index (χ3n) is 5.70. The fourth-order valence-corrected chi connectivity index (χ4v) is 3.94. The molecular formula is C28H27FN4O. The van der Waals surface area contributed by atoms with Crippen LogP contribution in [0, 0.1) is 17.1 Å². The average Bonchev–Trinajstić information content (AvgIpc) is 2.86. The molecule has 0 amide bonds. The van der Waals surface area contributed by atoms with Gasteiger partial charge in [0.05, 0.1) is 24.3 Å². The van der Waals surface area contributed by atoms with Crippen LogP contribution in [-0.4, -0.2) is 25.2 Å². The molecule has 1 heterocycles. The molecule has 5 nitrogen and oxygen atoms in total. The second kappa shape index (κ2) is 11.3. The second-order valence-electron chi connectivity index (χ2n) is 8.11. The van der Waals surface area contributed by atoms with E-state index in [9.17, 15) is 4.39 Å². The first-order valence-electron chi connectivity index (χ1n) is 11.3. The number of pyridine rings is 1. The fraction of sp³-hybridized carbons (Fsp3) is 0.214.